The Morgan fingerprint density at radius 2 is 2.06 bits per heavy atom. The zero-order valence-corrected chi connectivity index (χ0v) is 10.8. The van der Waals surface area contributed by atoms with Crippen LogP contribution in [0.25, 0.3) is 0 Å². The Balaban J connectivity index is 2.21. The number of pyridine rings is 1. The smallest absolute Gasteiger partial charge is 0.222 e. The van der Waals surface area contributed by atoms with Crippen LogP contribution < -0.4 is 5.32 Å². The first-order chi connectivity index (χ1) is 8.11. The third kappa shape index (κ3) is 4.95. The van der Waals surface area contributed by atoms with Gasteiger partial charge in [0.25, 0.3) is 0 Å². The van der Waals surface area contributed by atoms with Crippen LogP contribution in [-0.4, -0.2) is 36.4 Å². The fourth-order valence-corrected chi connectivity index (χ4v) is 1.55. The maximum atomic E-state index is 11.3. The number of carbonyl (C=O) groups is 1. The number of carbonyl (C=O) groups excluding carboxylic acids is 1. The summed E-state index contributed by atoms with van der Waals surface area (Å²) in [5.41, 5.74) is 1.22. The lowest BCUT2D eigenvalue weighted by atomic mass is 10.1. The maximum Gasteiger partial charge on any atom is 0.222 e. The van der Waals surface area contributed by atoms with Crippen molar-refractivity contribution in [2.24, 2.45) is 0 Å². The molecule has 1 heterocycles. The summed E-state index contributed by atoms with van der Waals surface area (Å²) >= 11 is 0. The quantitative estimate of drug-likeness (QED) is 0.762. The fraction of sp³-hybridized carbons (Fsp3) is 0.538. The number of rotatable bonds is 6. The second-order valence-corrected chi connectivity index (χ2v) is 4.35. The van der Waals surface area contributed by atoms with E-state index in [9.17, 15) is 4.79 Å². The predicted octanol–water partition coefficient (Wildman–Crippen LogP) is 1.60. The summed E-state index contributed by atoms with van der Waals surface area (Å²) in [5.74, 6) is 0.184. The molecule has 0 aliphatic carbocycles. The molecule has 0 spiro atoms. The van der Waals surface area contributed by atoms with Crippen LogP contribution in [0.2, 0.25) is 0 Å². The van der Waals surface area contributed by atoms with Crippen LogP contribution in [0.15, 0.2) is 24.5 Å². The van der Waals surface area contributed by atoms with Gasteiger partial charge in [-0.05, 0) is 37.6 Å². The minimum Gasteiger partial charge on any atom is -0.349 e. The van der Waals surface area contributed by atoms with E-state index in [2.05, 4.69) is 17.2 Å². The van der Waals surface area contributed by atoms with Crippen molar-refractivity contribution in [1.29, 1.82) is 0 Å². The van der Waals surface area contributed by atoms with E-state index < -0.39 is 0 Å². The average molecular weight is 235 g/mol. The van der Waals surface area contributed by atoms with Crippen LogP contribution in [0, 0.1) is 0 Å². The SMILES string of the molecule is C[C@@H](NCCCC(=O)N(C)C)c1ccncc1. The molecule has 1 N–H and O–H groups in total. The summed E-state index contributed by atoms with van der Waals surface area (Å²) in [4.78, 5) is 17.0. The predicted molar refractivity (Wildman–Crippen MR) is 68.6 cm³/mol. The molecule has 0 bridgehead atoms. The Morgan fingerprint density at radius 1 is 1.41 bits per heavy atom. The van der Waals surface area contributed by atoms with E-state index in [1.807, 2.05) is 12.1 Å². The first-order valence-electron chi connectivity index (χ1n) is 5.94. The molecule has 1 aromatic rings. The molecule has 0 radical (unpaired) electrons. The summed E-state index contributed by atoms with van der Waals surface area (Å²) < 4.78 is 0. The van der Waals surface area contributed by atoms with E-state index in [1.54, 1.807) is 31.4 Å². The molecule has 1 amide bonds. The van der Waals surface area contributed by atoms with Gasteiger partial charge < -0.3 is 10.2 Å². The van der Waals surface area contributed by atoms with Crippen molar-refractivity contribution in [3.8, 4) is 0 Å². The lowest BCUT2D eigenvalue weighted by Crippen LogP contribution is -2.24. The fourth-order valence-electron chi connectivity index (χ4n) is 1.55. The monoisotopic (exact) mass is 235 g/mol. The molecular weight excluding hydrogens is 214 g/mol. The standard InChI is InChI=1S/C13H21N3O/c1-11(12-6-9-14-10-7-12)15-8-4-5-13(17)16(2)3/h6-7,9-11,15H,4-5,8H2,1-3H3/t11-/m1/s1. The number of aromatic nitrogens is 1. The minimum absolute atomic E-state index is 0.184. The van der Waals surface area contributed by atoms with Crippen LogP contribution >= 0.6 is 0 Å². The molecule has 4 heteroatoms. The van der Waals surface area contributed by atoms with Crippen molar-refractivity contribution in [3.05, 3.63) is 30.1 Å². The number of nitrogens with zero attached hydrogens (tertiary/aromatic N) is 2. The highest BCUT2D eigenvalue weighted by Gasteiger charge is 2.05. The summed E-state index contributed by atoms with van der Waals surface area (Å²) in [7, 11) is 3.57. The summed E-state index contributed by atoms with van der Waals surface area (Å²) in [6.07, 6.45) is 5.06. The van der Waals surface area contributed by atoms with Crippen molar-refractivity contribution in [2.45, 2.75) is 25.8 Å². The highest BCUT2D eigenvalue weighted by molar-refractivity contribution is 5.75. The molecule has 1 atom stereocenters. The van der Waals surface area contributed by atoms with Crippen LogP contribution in [-0.2, 0) is 4.79 Å². The van der Waals surface area contributed by atoms with Gasteiger partial charge in [0.1, 0.15) is 0 Å². The normalized spacial score (nSPS) is 12.2. The van der Waals surface area contributed by atoms with Gasteiger partial charge in [-0.25, -0.2) is 0 Å². The molecule has 4 nitrogen and oxygen atoms in total. The number of hydrogen-bond acceptors (Lipinski definition) is 3. The Hall–Kier alpha value is -1.42. The number of hydrogen-bond donors (Lipinski definition) is 1. The number of nitrogens with one attached hydrogen (secondary N) is 1. The molecule has 0 saturated heterocycles. The van der Waals surface area contributed by atoms with Gasteiger partial charge in [0.05, 0.1) is 0 Å². The second-order valence-electron chi connectivity index (χ2n) is 4.35. The third-order valence-corrected chi connectivity index (χ3v) is 2.72. The van der Waals surface area contributed by atoms with Crippen LogP contribution in [0.3, 0.4) is 0 Å². The van der Waals surface area contributed by atoms with Crippen molar-refractivity contribution < 1.29 is 4.79 Å². The first-order valence-corrected chi connectivity index (χ1v) is 5.94. The van der Waals surface area contributed by atoms with Crippen LogP contribution in [0.4, 0.5) is 0 Å². The van der Waals surface area contributed by atoms with E-state index in [0.717, 1.165) is 13.0 Å². The Morgan fingerprint density at radius 3 is 2.65 bits per heavy atom. The maximum absolute atomic E-state index is 11.3. The topological polar surface area (TPSA) is 45.2 Å². The summed E-state index contributed by atoms with van der Waals surface area (Å²) in [5, 5.41) is 3.39. The zero-order valence-electron chi connectivity index (χ0n) is 10.8. The highest BCUT2D eigenvalue weighted by Crippen LogP contribution is 2.09. The van der Waals surface area contributed by atoms with Crippen molar-refractivity contribution in [3.63, 3.8) is 0 Å². The molecule has 94 valence electrons. The molecule has 0 unspecified atom stereocenters. The molecule has 0 aromatic carbocycles. The van der Waals surface area contributed by atoms with Gasteiger partial charge in [-0.1, -0.05) is 0 Å². The molecule has 1 rings (SSSR count). The van der Waals surface area contributed by atoms with Gasteiger partial charge >= 0.3 is 0 Å². The first kappa shape index (κ1) is 13.6. The van der Waals surface area contributed by atoms with Gasteiger partial charge in [-0.2, -0.15) is 0 Å². The largest absolute Gasteiger partial charge is 0.349 e. The van der Waals surface area contributed by atoms with E-state index in [4.69, 9.17) is 0 Å². The lowest BCUT2D eigenvalue weighted by Gasteiger charge is -2.14. The average Bonchev–Trinajstić information content (AvgIpc) is 2.35. The van der Waals surface area contributed by atoms with Crippen molar-refractivity contribution >= 4 is 5.91 Å². The Bertz CT molecular complexity index is 338. The molecular formula is C13H21N3O. The van der Waals surface area contributed by atoms with Gasteiger partial charge in [-0.3, -0.25) is 9.78 Å². The number of amides is 1. The summed E-state index contributed by atoms with van der Waals surface area (Å²) in [6.45, 7) is 2.96. The van der Waals surface area contributed by atoms with E-state index >= 15 is 0 Å². The Labute approximate surface area is 103 Å². The van der Waals surface area contributed by atoms with E-state index in [-0.39, 0.29) is 5.91 Å². The molecule has 0 aliphatic heterocycles. The molecule has 17 heavy (non-hydrogen) atoms. The minimum atomic E-state index is 0.184. The Kier molecular flexibility index (Phi) is 5.63. The van der Waals surface area contributed by atoms with Crippen LogP contribution in [0.1, 0.15) is 31.4 Å². The zero-order chi connectivity index (χ0) is 12.7. The van der Waals surface area contributed by atoms with E-state index in [1.165, 1.54) is 5.56 Å². The van der Waals surface area contributed by atoms with Gasteiger partial charge in [0.15, 0.2) is 0 Å². The molecule has 1 aromatic heterocycles. The van der Waals surface area contributed by atoms with Gasteiger partial charge in [-0.15, -0.1) is 0 Å². The van der Waals surface area contributed by atoms with E-state index in [0.29, 0.717) is 12.5 Å². The van der Waals surface area contributed by atoms with Gasteiger partial charge in [0, 0.05) is 39.0 Å². The highest BCUT2D eigenvalue weighted by atomic mass is 16.2. The van der Waals surface area contributed by atoms with Crippen LogP contribution in [0.5, 0.6) is 0 Å². The molecule has 0 saturated carbocycles. The van der Waals surface area contributed by atoms with Crippen molar-refractivity contribution in [2.75, 3.05) is 20.6 Å². The lowest BCUT2D eigenvalue weighted by molar-refractivity contribution is -0.128. The second kappa shape index (κ2) is 7.01. The third-order valence-electron chi connectivity index (χ3n) is 2.72. The molecule has 0 aliphatic rings. The van der Waals surface area contributed by atoms with Gasteiger partial charge in [0.2, 0.25) is 5.91 Å². The summed E-state index contributed by atoms with van der Waals surface area (Å²) in [6, 6.07) is 4.30. The van der Waals surface area contributed by atoms with Crippen molar-refractivity contribution in [1.82, 2.24) is 15.2 Å². The molecule has 0 fully saturated rings.